The molecule has 0 spiro atoms. The first kappa shape index (κ1) is 20.6. The highest BCUT2D eigenvalue weighted by Gasteiger charge is 2.14. The van der Waals surface area contributed by atoms with Crippen LogP contribution in [0.5, 0.6) is 5.75 Å². The molecule has 0 aliphatic rings. The van der Waals surface area contributed by atoms with Crippen LogP contribution in [-0.2, 0) is 11.4 Å². The number of aromatic nitrogens is 1. The number of benzene rings is 2. The molecule has 0 radical (unpaired) electrons. The second-order valence-corrected chi connectivity index (χ2v) is 7.88. The van der Waals surface area contributed by atoms with Gasteiger partial charge < -0.3 is 9.84 Å². The van der Waals surface area contributed by atoms with Crippen LogP contribution >= 0.6 is 11.3 Å². The number of nitrogens with zero attached hydrogens (tertiary/aromatic N) is 1. The molecule has 0 fully saturated rings. The molecule has 0 saturated heterocycles. The van der Waals surface area contributed by atoms with Crippen molar-refractivity contribution in [1.29, 1.82) is 0 Å². The summed E-state index contributed by atoms with van der Waals surface area (Å²) in [5.74, 6) is 5.33. The van der Waals surface area contributed by atoms with E-state index in [2.05, 4.69) is 48.0 Å². The molecule has 29 heavy (non-hydrogen) atoms. The predicted molar refractivity (Wildman–Crippen MR) is 116 cm³/mol. The summed E-state index contributed by atoms with van der Waals surface area (Å²) in [6, 6.07) is 15.8. The summed E-state index contributed by atoms with van der Waals surface area (Å²) in [5.41, 5.74) is 4.19. The van der Waals surface area contributed by atoms with E-state index < -0.39 is 5.97 Å². The van der Waals surface area contributed by atoms with Crippen molar-refractivity contribution in [2.75, 3.05) is 0 Å². The van der Waals surface area contributed by atoms with E-state index in [1.807, 2.05) is 31.2 Å². The number of ether oxygens (including phenoxy) is 1. The van der Waals surface area contributed by atoms with Crippen LogP contribution in [0.3, 0.4) is 0 Å². The van der Waals surface area contributed by atoms with Gasteiger partial charge in [0.05, 0.1) is 22.9 Å². The third-order valence-corrected chi connectivity index (χ3v) is 5.72. The number of thiazole rings is 1. The molecule has 5 heteroatoms. The molecule has 1 N–H and O–H groups in total. The minimum atomic E-state index is -0.858. The fourth-order valence-corrected chi connectivity index (χ4v) is 3.91. The Morgan fingerprint density at radius 2 is 1.83 bits per heavy atom. The Kier molecular flexibility index (Phi) is 6.69. The molecule has 0 amide bonds. The minimum Gasteiger partial charge on any atom is -0.488 e. The Balaban J connectivity index is 1.67. The number of hydrogen-bond donors (Lipinski definition) is 1. The first-order valence-electron chi connectivity index (χ1n) is 9.36. The summed E-state index contributed by atoms with van der Waals surface area (Å²) in [4.78, 5) is 16.8. The van der Waals surface area contributed by atoms with Crippen LogP contribution < -0.4 is 4.74 Å². The van der Waals surface area contributed by atoms with Gasteiger partial charge >= 0.3 is 5.97 Å². The number of carboxylic acids is 1. The lowest BCUT2D eigenvalue weighted by molar-refractivity contribution is -0.137. The van der Waals surface area contributed by atoms with Crippen LogP contribution in [-0.4, -0.2) is 16.1 Å². The Hall–Kier alpha value is -3.10. The molecule has 0 bridgehead atoms. The first-order valence-corrected chi connectivity index (χ1v) is 10.2. The van der Waals surface area contributed by atoms with E-state index in [4.69, 9.17) is 9.84 Å². The topological polar surface area (TPSA) is 59.4 Å². The third kappa shape index (κ3) is 5.46. The molecule has 0 saturated carbocycles. The molecule has 0 aliphatic carbocycles. The summed E-state index contributed by atoms with van der Waals surface area (Å²) in [5, 5.41) is 10.1. The lowest BCUT2D eigenvalue weighted by Gasteiger charge is -2.10. The van der Waals surface area contributed by atoms with Gasteiger partial charge in [-0.1, -0.05) is 47.9 Å². The molecule has 4 nitrogen and oxygen atoms in total. The maximum absolute atomic E-state index is 11.0. The number of carboxylic acid groups (broad SMARTS) is 1. The van der Waals surface area contributed by atoms with Crippen molar-refractivity contribution in [2.45, 2.75) is 39.7 Å². The van der Waals surface area contributed by atoms with Crippen molar-refractivity contribution in [3.05, 3.63) is 70.2 Å². The highest BCUT2D eigenvalue weighted by Crippen LogP contribution is 2.29. The van der Waals surface area contributed by atoms with Gasteiger partial charge in [-0.3, -0.25) is 4.79 Å². The van der Waals surface area contributed by atoms with Gasteiger partial charge in [0.25, 0.3) is 0 Å². The van der Waals surface area contributed by atoms with Gasteiger partial charge in [0.2, 0.25) is 0 Å². The minimum absolute atomic E-state index is 0.0110. The molecule has 1 heterocycles. The summed E-state index contributed by atoms with van der Waals surface area (Å²) in [6.07, 6.45) is -0.0110. The SMILES string of the molecule is CC#C[C@@H](CC(=O)O)c1ccc(OCc2sc(-c3ccc(C)cc3)nc2C)cc1. The molecule has 3 aromatic rings. The second-order valence-electron chi connectivity index (χ2n) is 6.80. The van der Waals surface area contributed by atoms with Gasteiger partial charge in [-0.2, -0.15) is 0 Å². The van der Waals surface area contributed by atoms with Crippen molar-refractivity contribution in [3.63, 3.8) is 0 Å². The summed E-state index contributed by atoms with van der Waals surface area (Å²) >= 11 is 1.64. The number of hydrogen-bond acceptors (Lipinski definition) is 4. The van der Waals surface area contributed by atoms with E-state index in [9.17, 15) is 4.79 Å². The summed E-state index contributed by atoms with van der Waals surface area (Å²) < 4.78 is 5.94. The van der Waals surface area contributed by atoms with Gasteiger partial charge in [-0.25, -0.2) is 4.98 Å². The van der Waals surface area contributed by atoms with E-state index in [1.165, 1.54) is 5.56 Å². The molecule has 0 aliphatic heterocycles. The quantitative estimate of drug-likeness (QED) is 0.521. The first-order chi connectivity index (χ1) is 14.0. The number of aryl methyl sites for hydroxylation is 2. The fourth-order valence-electron chi connectivity index (χ4n) is 2.93. The van der Waals surface area contributed by atoms with Crippen molar-refractivity contribution < 1.29 is 14.6 Å². The Morgan fingerprint density at radius 3 is 2.45 bits per heavy atom. The van der Waals surface area contributed by atoms with Gasteiger partial charge in [0.1, 0.15) is 17.4 Å². The average molecular weight is 406 g/mol. The Labute approximate surface area is 175 Å². The molecule has 148 valence electrons. The predicted octanol–water partition coefficient (Wildman–Crippen LogP) is 5.59. The lowest BCUT2D eigenvalue weighted by Crippen LogP contribution is -2.04. The smallest absolute Gasteiger partial charge is 0.304 e. The van der Waals surface area contributed by atoms with Gasteiger partial charge in [0.15, 0.2) is 0 Å². The molecule has 1 aromatic heterocycles. The van der Waals surface area contributed by atoms with Crippen LogP contribution in [0.25, 0.3) is 10.6 Å². The van der Waals surface area contributed by atoms with E-state index in [0.29, 0.717) is 6.61 Å². The molecule has 0 unspecified atom stereocenters. The fraction of sp³-hybridized carbons (Fsp3) is 0.250. The van der Waals surface area contributed by atoms with Gasteiger partial charge in [0, 0.05) is 5.56 Å². The van der Waals surface area contributed by atoms with E-state index >= 15 is 0 Å². The van der Waals surface area contributed by atoms with E-state index in [0.717, 1.165) is 32.5 Å². The maximum Gasteiger partial charge on any atom is 0.304 e. The molecular weight excluding hydrogens is 382 g/mol. The van der Waals surface area contributed by atoms with Crippen molar-refractivity contribution in [2.24, 2.45) is 0 Å². The maximum atomic E-state index is 11.0. The zero-order chi connectivity index (χ0) is 20.8. The van der Waals surface area contributed by atoms with Crippen LogP contribution in [0, 0.1) is 25.7 Å². The van der Waals surface area contributed by atoms with Crippen molar-refractivity contribution >= 4 is 17.3 Å². The van der Waals surface area contributed by atoms with Crippen LogP contribution in [0.4, 0.5) is 0 Å². The second kappa shape index (κ2) is 9.40. The summed E-state index contributed by atoms with van der Waals surface area (Å²) in [7, 11) is 0. The van der Waals surface area contributed by atoms with Crippen LogP contribution in [0.2, 0.25) is 0 Å². The monoisotopic (exact) mass is 405 g/mol. The van der Waals surface area contributed by atoms with Crippen LogP contribution in [0.15, 0.2) is 48.5 Å². The van der Waals surface area contributed by atoms with Gasteiger partial charge in [-0.05, 0) is 38.5 Å². The van der Waals surface area contributed by atoms with E-state index in [-0.39, 0.29) is 12.3 Å². The largest absolute Gasteiger partial charge is 0.488 e. The number of rotatable bonds is 7. The molecular formula is C24H23NO3S. The molecule has 2 aromatic carbocycles. The Bertz CT molecular complexity index is 1040. The molecule has 1 atom stereocenters. The lowest BCUT2D eigenvalue weighted by atomic mass is 9.96. The van der Waals surface area contributed by atoms with Crippen molar-refractivity contribution in [1.82, 2.24) is 4.98 Å². The third-order valence-electron chi connectivity index (χ3n) is 4.54. The van der Waals surface area contributed by atoms with Crippen LogP contribution in [0.1, 0.15) is 41.0 Å². The highest BCUT2D eigenvalue weighted by atomic mass is 32.1. The van der Waals surface area contributed by atoms with E-state index in [1.54, 1.807) is 18.3 Å². The standard InChI is InChI=1S/C24H23NO3S/c1-4-5-20(14-23(26)27)18-10-12-21(13-11-18)28-15-22-17(3)25-24(29-22)19-8-6-16(2)7-9-19/h6-13,20H,14-15H2,1-3H3,(H,26,27)/t20-/m0/s1. The normalized spacial score (nSPS) is 11.4. The number of aliphatic carboxylic acids is 1. The molecule has 3 rings (SSSR count). The Morgan fingerprint density at radius 1 is 1.14 bits per heavy atom. The van der Waals surface area contributed by atoms with Gasteiger partial charge in [-0.15, -0.1) is 17.3 Å². The average Bonchev–Trinajstić information content (AvgIpc) is 3.07. The highest BCUT2D eigenvalue weighted by molar-refractivity contribution is 7.15. The van der Waals surface area contributed by atoms with Crippen molar-refractivity contribution in [3.8, 4) is 28.2 Å². The zero-order valence-electron chi connectivity index (χ0n) is 16.7. The zero-order valence-corrected chi connectivity index (χ0v) is 17.5. The number of carbonyl (C=O) groups is 1. The summed E-state index contributed by atoms with van der Waals surface area (Å²) in [6.45, 7) is 6.23.